The number of aromatic hydroxyl groups is 1. The second kappa shape index (κ2) is 20.9. The number of nitrogens with zero attached hydrogens (tertiary/aromatic N) is 3. The van der Waals surface area contributed by atoms with Crippen molar-refractivity contribution < 1.29 is 33.0 Å². The molecule has 10 aromatic rings. The summed E-state index contributed by atoms with van der Waals surface area (Å²) >= 11 is 0. The van der Waals surface area contributed by atoms with Crippen molar-refractivity contribution in [3.63, 3.8) is 0 Å². The molecule has 2 heterocycles. The molecule has 10 rings (SSSR count). The van der Waals surface area contributed by atoms with Gasteiger partial charge in [-0.15, -0.1) is 23.8 Å². The van der Waals surface area contributed by atoms with Crippen molar-refractivity contribution in [1.29, 1.82) is 0 Å². The Morgan fingerprint density at radius 3 is 1.75 bits per heavy atom. The third-order valence-corrected chi connectivity index (χ3v) is 13.7. The van der Waals surface area contributed by atoms with Gasteiger partial charge in [-0.25, -0.2) is 4.98 Å². The van der Waals surface area contributed by atoms with Gasteiger partial charge in [-0.1, -0.05) is 206 Å². The van der Waals surface area contributed by atoms with Crippen molar-refractivity contribution in [2.45, 2.75) is 85.9 Å². The molecular formula is C67H62N3OPt-. The van der Waals surface area contributed by atoms with Crippen LogP contribution in [0.15, 0.2) is 182 Å². The van der Waals surface area contributed by atoms with Crippen molar-refractivity contribution in [1.82, 2.24) is 14.5 Å². The molecule has 0 fully saturated rings. The van der Waals surface area contributed by atoms with Crippen LogP contribution in [0.2, 0.25) is 0 Å². The number of aryl methyl sites for hydroxylation is 1. The van der Waals surface area contributed by atoms with Crippen molar-refractivity contribution in [2.24, 2.45) is 0 Å². The van der Waals surface area contributed by atoms with Crippen LogP contribution in [0.25, 0.3) is 95.0 Å². The van der Waals surface area contributed by atoms with Crippen LogP contribution in [-0.4, -0.2) is 19.6 Å². The predicted molar refractivity (Wildman–Crippen MR) is 299 cm³/mol. The molecule has 0 amide bonds. The molecule has 2 aromatic heterocycles. The quantitative estimate of drug-likeness (QED) is 0.124. The molecule has 0 spiro atoms. The number of phenolic OH excluding ortho intramolecular Hbond substituents is 1. The van der Waals surface area contributed by atoms with Crippen LogP contribution in [0.5, 0.6) is 5.75 Å². The van der Waals surface area contributed by atoms with Crippen molar-refractivity contribution in [3.05, 3.63) is 216 Å². The van der Waals surface area contributed by atoms with Crippen molar-refractivity contribution in [3.8, 4) is 89.7 Å². The van der Waals surface area contributed by atoms with E-state index in [2.05, 4.69) is 107 Å². The summed E-state index contributed by atoms with van der Waals surface area (Å²) in [4.78, 5) is 10.4. The number of benzene rings is 8. The van der Waals surface area contributed by atoms with E-state index in [4.69, 9.17) is 9.97 Å². The molecular weight excluding hydrogens is 1060 g/mol. The van der Waals surface area contributed by atoms with Gasteiger partial charge in [0.25, 0.3) is 0 Å². The van der Waals surface area contributed by atoms with Crippen LogP contribution in [0.1, 0.15) is 114 Å². The average Bonchev–Trinajstić information content (AvgIpc) is 3.79. The van der Waals surface area contributed by atoms with Crippen molar-refractivity contribution >= 4 is 11.0 Å². The van der Waals surface area contributed by atoms with Gasteiger partial charge in [0.15, 0.2) is 0 Å². The number of phenols is 1. The standard InChI is InChI=1S/C67H62N3O.Pt/c1-41(2)52-38-59(44(7)8)66(71)60(39-52)67-69-65-58(24-17-25-63(65)70(67)62-31-30-51(34-45(62)9)64-56(42(3)4)22-16-23-57(64)43(5)6)54-35-53(47-20-14-11-15-21-47)36-55(37-54)61-40-50(32-33-68-61)49-28-26-48(27-29-49)46-18-12-10-13-19-46;/h10-36,38-44,71H,1-9H3;/q-1;/i9D3,42D,43D;. The van der Waals surface area contributed by atoms with Crippen LogP contribution < -0.4 is 0 Å². The van der Waals surface area contributed by atoms with Crippen LogP contribution in [0.4, 0.5) is 0 Å². The Morgan fingerprint density at radius 2 is 1.12 bits per heavy atom. The topological polar surface area (TPSA) is 50.9 Å². The summed E-state index contributed by atoms with van der Waals surface area (Å²) in [6, 6.07) is 62.3. The average molecular weight is 1130 g/mol. The molecule has 0 saturated carbocycles. The van der Waals surface area contributed by atoms with Gasteiger partial charge in [0.05, 0.1) is 22.3 Å². The largest absolute Gasteiger partial charge is 0.507 e. The number of rotatable bonds is 12. The van der Waals surface area contributed by atoms with Gasteiger partial charge >= 0.3 is 0 Å². The molecule has 8 aromatic carbocycles. The first kappa shape index (κ1) is 43.6. The molecule has 0 aliphatic heterocycles. The van der Waals surface area contributed by atoms with Gasteiger partial charge in [0, 0.05) is 39.8 Å². The Labute approximate surface area is 447 Å². The monoisotopic (exact) mass is 1120 g/mol. The second-order valence-electron chi connectivity index (χ2n) is 19.7. The molecule has 1 N–H and O–H groups in total. The van der Waals surface area contributed by atoms with E-state index in [1.54, 1.807) is 6.07 Å². The summed E-state index contributed by atoms with van der Waals surface area (Å²) in [5.74, 6) is -1.58. The minimum absolute atomic E-state index is 0. The summed E-state index contributed by atoms with van der Waals surface area (Å²) in [7, 11) is 0. The van der Waals surface area contributed by atoms with E-state index < -0.39 is 18.6 Å². The summed E-state index contributed by atoms with van der Waals surface area (Å²) in [6.45, 7) is 13.0. The maximum atomic E-state index is 12.4. The van der Waals surface area contributed by atoms with Crippen LogP contribution in [0.3, 0.4) is 0 Å². The molecule has 72 heavy (non-hydrogen) atoms. The zero-order chi connectivity index (χ0) is 53.8. The van der Waals surface area contributed by atoms with E-state index in [1.165, 1.54) is 0 Å². The smallest absolute Gasteiger partial charge is 0.148 e. The fourth-order valence-electron chi connectivity index (χ4n) is 9.84. The van der Waals surface area contributed by atoms with Crippen LogP contribution in [-0.2, 0) is 21.1 Å². The Bertz CT molecular complexity index is 3740. The maximum absolute atomic E-state index is 12.4. The van der Waals surface area contributed by atoms with E-state index >= 15 is 0 Å². The Kier molecular flexibility index (Phi) is 12.7. The summed E-state index contributed by atoms with van der Waals surface area (Å²) in [6.07, 6.45) is 1.84. The first-order valence-electron chi connectivity index (χ1n) is 27.1. The number of aromatic nitrogens is 3. The normalized spacial score (nSPS) is 13.1. The Hall–Kier alpha value is -7.13. The summed E-state index contributed by atoms with van der Waals surface area (Å²) in [5, 5.41) is 12.4. The SMILES string of the molecule is [2H]C([2H])([2H])c1cc(-c2c(C([2H])(C)C)cccc2C([2H])(C)C)ccc1-n1c(-c2cc(C(C)C)cc(C(C)C)c2O)nc2c(-c3[c-]c(-c4cc(-c5ccc(-c6ccccc6)cc5)ccn4)cc(-c4ccccc4)c3)cccc21.[Pt]. The predicted octanol–water partition coefficient (Wildman–Crippen LogP) is 18.4. The fourth-order valence-corrected chi connectivity index (χ4v) is 9.84. The van der Waals surface area contributed by atoms with Crippen molar-refractivity contribution in [2.75, 3.05) is 0 Å². The number of fused-ring (bicyclic) bond motifs is 1. The molecule has 0 unspecified atom stereocenters. The summed E-state index contributed by atoms with van der Waals surface area (Å²) in [5.41, 5.74) is 15.9. The molecule has 0 atom stereocenters. The molecule has 0 saturated heterocycles. The Balaban J connectivity index is 0.00000722. The molecule has 0 aliphatic rings. The number of pyridine rings is 1. The molecule has 362 valence electrons. The molecule has 4 nitrogen and oxygen atoms in total. The van der Waals surface area contributed by atoms with Gasteiger partial charge in [-0.05, 0) is 128 Å². The number of hydrogen-bond donors (Lipinski definition) is 1. The first-order valence-corrected chi connectivity index (χ1v) is 24.6. The number of para-hydroxylation sites is 1. The van der Waals surface area contributed by atoms with Crippen LogP contribution in [0, 0.1) is 12.9 Å². The zero-order valence-corrected chi connectivity index (χ0v) is 44.4. The maximum Gasteiger partial charge on any atom is 0.148 e. The third-order valence-electron chi connectivity index (χ3n) is 13.7. The molecule has 0 aliphatic carbocycles. The van der Waals surface area contributed by atoms with Gasteiger partial charge in [0.2, 0.25) is 0 Å². The van der Waals surface area contributed by atoms with E-state index in [1.807, 2.05) is 136 Å². The van der Waals surface area contributed by atoms with Gasteiger partial charge in [0.1, 0.15) is 11.6 Å². The number of hydrogen-bond acceptors (Lipinski definition) is 3. The third kappa shape index (κ3) is 9.66. The zero-order valence-electron chi connectivity index (χ0n) is 47.1. The molecule has 5 heteroatoms. The summed E-state index contributed by atoms with van der Waals surface area (Å²) < 4.78 is 47.9. The molecule has 0 bridgehead atoms. The van der Waals surface area contributed by atoms with Gasteiger partial charge in [-0.3, -0.25) is 9.55 Å². The number of imidazole rings is 1. The fraction of sp³-hybridized carbons (Fsp3) is 0.194. The van der Waals surface area contributed by atoms with E-state index in [0.29, 0.717) is 50.4 Å². The Morgan fingerprint density at radius 1 is 0.528 bits per heavy atom. The van der Waals surface area contributed by atoms with E-state index in [0.717, 1.165) is 66.9 Å². The van der Waals surface area contributed by atoms with Gasteiger partial charge in [-0.2, -0.15) is 0 Å². The minimum Gasteiger partial charge on any atom is -0.507 e. The van der Waals surface area contributed by atoms with E-state index in [-0.39, 0.29) is 44.2 Å². The van der Waals surface area contributed by atoms with Crippen LogP contribution >= 0.6 is 0 Å². The minimum atomic E-state index is -2.64. The van der Waals surface area contributed by atoms with E-state index in [9.17, 15) is 12.0 Å². The molecule has 0 radical (unpaired) electrons. The van der Waals surface area contributed by atoms with Gasteiger partial charge < -0.3 is 5.11 Å². The first-order chi connectivity index (χ1) is 36.2. The second-order valence-corrected chi connectivity index (χ2v) is 19.7.